The molecule has 0 saturated heterocycles. The van der Waals surface area contributed by atoms with Gasteiger partial charge in [-0.05, 0) is 19.1 Å². The van der Waals surface area contributed by atoms with Crippen molar-refractivity contribution in [1.82, 2.24) is 19.8 Å². The number of rotatable bonds is 1. The lowest BCUT2D eigenvalue weighted by molar-refractivity contribution is -0.146. The maximum Gasteiger partial charge on any atom is 0.453 e. The van der Waals surface area contributed by atoms with Gasteiger partial charge >= 0.3 is 6.18 Å². The Morgan fingerprint density at radius 2 is 2.00 bits per heavy atom. The lowest BCUT2D eigenvalue weighted by atomic mass is 10.1. The minimum absolute atomic E-state index is 0.0771. The molecule has 0 aliphatic heterocycles. The number of nitrogens with zero attached hydrogens (tertiary/aromatic N) is 4. The zero-order valence-electron chi connectivity index (χ0n) is 10.1. The molecule has 0 radical (unpaired) electrons. The second kappa shape index (κ2) is 4.17. The second-order valence-electron chi connectivity index (χ2n) is 4.21. The molecule has 9 heteroatoms. The topological polar surface area (TPSA) is 69.1 Å². The van der Waals surface area contributed by atoms with Crippen molar-refractivity contribution in [3.05, 3.63) is 29.6 Å². The van der Waals surface area contributed by atoms with E-state index in [1.165, 1.54) is 0 Å². The Hall–Kier alpha value is -2.16. The third-order valence-electron chi connectivity index (χ3n) is 2.68. The molecule has 0 spiro atoms. The Balaban J connectivity index is 2.19. The largest absolute Gasteiger partial charge is 0.453 e. The molecule has 0 unspecified atom stereocenters. The molecular weight excluding hydrogens is 291 g/mol. The molecule has 1 aromatic carbocycles. The number of aryl methyl sites for hydroxylation is 1. The van der Waals surface area contributed by atoms with E-state index >= 15 is 0 Å². The molecule has 0 bridgehead atoms. The van der Waals surface area contributed by atoms with E-state index in [0.29, 0.717) is 20.8 Å². The van der Waals surface area contributed by atoms with Gasteiger partial charge in [0.25, 0.3) is 5.82 Å². The van der Waals surface area contributed by atoms with Gasteiger partial charge in [-0.3, -0.25) is 0 Å². The third kappa shape index (κ3) is 1.99. The molecule has 0 fully saturated rings. The van der Waals surface area contributed by atoms with Gasteiger partial charge in [-0.15, -0.1) is 10.2 Å². The van der Waals surface area contributed by atoms with E-state index in [2.05, 4.69) is 15.3 Å². The summed E-state index contributed by atoms with van der Waals surface area (Å²) in [4.78, 5) is 0.0771. The van der Waals surface area contributed by atoms with Gasteiger partial charge in [0, 0.05) is 11.3 Å². The van der Waals surface area contributed by atoms with Crippen LogP contribution in [0.5, 0.6) is 0 Å². The summed E-state index contributed by atoms with van der Waals surface area (Å²) in [6, 6.07) is 5.28. The van der Waals surface area contributed by atoms with Crippen molar-refractivity contribution in [3.8, 4) is 10.6 Å². The first kappa shape index (κ1) is 12.9. The average molecular weight is 299 g/mol. The molecule has 2 heterocycles. The van der Waals surface area contributed by atoms with E-state index in [4.69, 9.17) is 5.73 Å². The molecular formula is C11H8F3N5S. The Bertz CT molecular complexity index is 789. The number of alkyl halides is 3. The standard InChI is InChI=1S/C11H8F3N5S/c1-5-2-3-7(15)6(4-5)8-18-19-9(11(12,13)14)16-17-10(19)20-8/h2-4H,15H2,1H3. The van der Waals surface area contributed by atoms with Crippen molar-refractivity contribution in [2.24, 2.45) is 0 Å². The number of hydrogen-bond acceptors (Lipinski definition) is 5. The smallest absolute Gasteiger partial charge is 0.398 e. The SMILES string of the molecule is Cc1ccc(N)c(-c2nn3c(C(F)(F)F)nnc3s2)c1. The molecule has 2 N–H and O–H groups in total. The van der Waals surface area contributed by atoms with Gasteiger partial charge in [0.2, 0.25) is 4.96 Å². The first-order valence-electron chi connectivity index (χ1n) is 5.52. The van der Waals surface area contributed by atoms with Crippen molar-refractivity contribution in [2.45, 2.75) is 13.1 Å². The van der Waals surface area contributed by atoms with E-state index in [-0.39, 0.29) is 4.96 Å². The summed E-state index contributed by atoms with van der Waals surface area (Å²) < 4.78 is 38.9. The van der Waals surface area contributed by atoms with E-state index in [1.54, 1.807) is 12.1 Å². The number of halogens is 3. The minimum Gasteiger partial charge on any atom is -0.398 e. The molecule has 20 heavy (non-hydrogen) atoms. The predicted octanol–water partition coefficient (Wildman–Crippen LogP) is 2.76. The van der Waals surface area contributed by atoms with E-state index in [0.717, 1.165) is 16.9 Å². The summed E-state index contributed by atoms with van der Waals surface area (Å²) in [5.74, 6) is -1.14. The Labute approximate surface area is 114 Å². The average Bonchev–Trinajstić information content (AvgIpc) is 2.89. The lowest BCUT2D eigenvalue weighted by Gasteiger charge is -2.03. The van der Waals surface area contributed by atoms with Crippen LogP contribution in [0.4, 0.5) is 18.9 Å². The van der Waals surface area contributed by atoms with Crippen molar-refractivity contribution in [3.63, 3.8) is 0 Å². The highest BCUT2D eigenvalue weighted by molar-refractivity contribution is 7.19. The molecule has 0 aliphatic rings. The maximum absolute atomic E-state index is 12.7. The minimum atomic E-state index is -4.59. The summed E-state index contributed by atoms with van der Waals surface area (Å²) in [6.45, 7) is 1.87. The fraction of sp³-hybridized carbons (Fsp3) is 0.182. The molecule has 0 atom stereocenters. The van der Waals surface area contributed by atoms with E-state index in [9.17, 15) is 13.2 Å². The summed E-state index contributed by atoms with van der Waals surface area (Å²) in [7, 11) is 0. The number of benzene rings is 1. The number of nitrogens with two attached hydrogens (primary N) is 1. The highest BCUT2D eigenvalue weighted by Gasteiger charge is 2.38. The lowest BCUT2D eigenvalue weighted by Crippen LogP contribution is -2.11. The number of fused-ring (bicyclic) bond motifs is 1. The third-order valence-corrected chi connectivity index (χ3v) is 3.62. The van der Waals surface area contributed by atoms with Crippen LogP contribution >= 0.6 is 11.3 Å². The Morgan fingerprint density at radius 1 is 1.25 bits per heavy atom. The molecule has 3 rings (SSSR count). The zero-order chi connectivity index (χ0) is 14.5. The van der Waals surface area contributed by atoms with Crippen LogP contribution in [-0.4, -0.2) is 19.8 Å². The Morgan fingerprint density at radius 3 is 2.70 bits per heavy atom. The van der Waals surface area contributed by atoms with Crippen LogP contribution in [0.3, 0.4) is 0 Å². The number of nitrogen functional groups attached to an aromatic ring is 1. The van der Waals surface area contributed by atoms with Crippen molar-refractivity contribution >= 4 is 22.0 Å². The summed E-state index contributed by atoms with van der Waals surface area (Å²) >= 11 is 1.01. The molecule has 0 aliphatic carbocycles. The normalized spacial score (nSPS) is 12.2. The van der Waals surface area contributed by atoms with Gasteiger partial charge in [0.05, 0.1) is 0 Å². The summed E-state index contributed by atoms with van der Waals surface area (Å²) in [5, 5.41) is 10.9. The summed E-state index contributed by atoms with van der Waals surface area (Å²) in [5.41, 5.74) is 7.82. The van der Waals surface area contributed by atoms with E-state index in [1.807, 2.05) is 13.0 Å². The molecule has 104 valence electrons. The first-order valence-corrected chi connectivity index (χ1v) is 6.34. The second-order valence-corrected chi connectivity index (χ2v) is 5.17. The van der Waals surface area contributed by atoms with Crippen LogP contribution in [0.1, 0.15) is 11.4 Å². The number of aromatic nitrogens is 4. The van der Waals surface area contributed by atoms with Crippen LogP contribution in [0.2, 0.25) is 0 Å². The zero-order valence-corrected chi connectivity index (χ0v) is 11.0. The predicted molar refractivity (Wildman–Crippen MR) is 68.2 cm³/mol. The fourth-order valence-electron chi connectivity index (χ4n) is 1.76. The molecule has 0 saturated carbocycles. The Kier molecular flexibility index (Phi) is 2.68. The van der Waals surface area contributed by atoms with Crippen molar-refractivity contribution in [2.75, 3.05) is 5.73 Å². The van der Waals surface area contributed by atoms with Crippen LogP contribution in [0.15, 0.2) is 18.2 Å². The van der Waals surface area contributed by atoms with Crippen LogP contribution in [0, 0.1) is 6.92 Å². The highest BCUT2D eigenvalue weighted by atomic mass is 32.1. The molecule has 2 aromatic heterocycles. The van der Waals surface area contributed by atoms with E-state index < -0.39 is 12.0 Å². The monoisotopic (exact) mass is 299 g/mol. The van der Waals surface area contributed by atoms with Gasteiger partial charge in [-0.2, -0.15) is 22.8 Å². The van der Waals surface area contributed by atoms with Crippen LogP contribution < -0.4 is 5.73 Å². The van der Waals surface area contributed by atoms with Gasteiger partial charge in [0.15, 0.2) is 0 Å². The summed E-state index contributed by atoms with van der Waals surface area (Å²) in [6.07, 6.45) is -4.59. The molecule has 0 amide bonds. The van der Waals surface area contributed by atoms with Crippen LogP contribution in [-0.2, 0) is 6.18 Å². The molecule has 3 aromatic rings. The quantitative estimate of drug-likeness (QED) is 0.701. The first-order chi connectivity index (χ1) is 9.36. The maximum atomic E-state index is 12.7. The fourth-order valence-corrected chi connectivity index (χ4v) is 2.64. The van der Waals surface area contributed by atoms with Crippen molar-refractivity contribution in [1.29, 1.82) is 0 Å². The van der Waals surface area contributed by atoms with Crippen LogP contribution in [0.25, 0.3) is 15.5 Å². The van der Waals surface area contributed by atoms with Gasteiger partial charge in [-0.1, -0.05) is 23.0 Å². The van der Waals surface area contributed by atoms with Gasteiger partial charge in [0.1, 0.15) is 5.01 Å². The van der Waals surface area contributed by atoms with Gasteiger partial charge in [-0.25, -0.2) is 0 Å². The highest BCUT2D eigenvalue weighted by Crippen LogP contribution is 2.33. The van der Waals surface area contributed by atoms with Crippen molar-refractivity contribution < 1.29 is 13.2 Å². The van der Waals surface area contributed by atoms with Gasteiger partial charge < -0.3 is 5.73 Å². The number of anilines is 1. The molecule has 5 nitrogen and oxygen atoms in total. The number of hydrogen-bond donors (Lipinski definition) is 1.